The molecule has 0 aliphatic carbocycles. The van der Waals surface area contributed by atoms with Crippen LogP contribution in [0.25, 0.3) is 0 Å². The largest absolute Gasteiger partial charge is 0.271 e. The number of aryl methyl sites for hydroxylation is 2. The average molecular weight is 289 g/mol. The van der Waals surface area contributed by atoms with Crippen LogP contribution in [0.15, 0.2) is 42.5 Å². The summed E-state index contributed by atoms with van der Waals surface area (Å²) in [6.07, 6.45) is 1.81. The molecule has 0 saturated carbocycles. The molecule has 0 amide bonds. The second kappa shape index (κ2) is 6.89. The van der Waals surface area contributed by atoms with Crippen LogP contribution < -0.4 is 11.3 Å². The minimum Gasteiger partial charge on any atom is -0.271 e. The van der Waals surface area contributed by atoms with E-state index < -0.39 is 0 Å². The van der Waals surface area contributed by atoms with E-state index >= 15 is 0 Å². The Labute approximate surface area is 125 Å². The minimum absolute atomic E-state index is 0.220. The Morgan fingerprint density at radius 2 is 1.50 bits per heavy atom. The third kappa shape index (κ3) is 4.34. The van der Waals surface area contributed by atoms with Crippen LogP contribution in [-0.4, -0.2) is 6.04 Å². The molecule has 0 aliphatic heterocycles. The van der Waals surface area contributed by atoms with Gasteiger partial charge < -0.3 is 0 Å². The second-order valence-electron chi connectivity index (χ2n) is 5.39. The highest BCUT2D eigenvalue weighted by Crippen LogP contribution is 2.15. The number of hydrogen-bond acceptors (Lipinski definition) is 2. The predicted molar refractivity (Wildman–Crippen MR) is 85.9 cm³/mol. The van der Waals surface area contributed by atoms with Crippen LogP contribution in [0.2, 0.25) is 5.02 Å². The number of benzene rings is 2. The molecule has 3 heteroatoms. The van der Waals surface area contributed by atoms with E-state index in [0.29, 0.717) is 0 Å². The predicted octanol–water partition coefficient (Wildman–Crippen LogP) is 3.57. The molecule has 0 spiro atoms. The first-order valence-electron chi connectivity index (χ1n) is 6.84. The summed E-state index contributed by atoms with van der Waals surface area (Å²) in [7, 11) is 0. The molecule has 0 saturated heterocycles. The van der Waals surface area contributed by atoms with E-state index in [1.54, 1.807) is 0 Å². The number of hydrazine groups is 1. The third-order valence-corrected chi connectivity index (χ3v) is 3.65. The fourth-order valence-electron chi connectivity index (χ4n) is 2.57. The van der Waals surface area contributed by atoms with Gasteiger partial charge in [-0.15, -0.1) is 0 Å². The molecule has 20 heavy (non-hydrogen) atoms. The summed E-state index contributed by atoms with van der Waals surface area (Å²) < 4.78 is 0. The zero-order valence-corrected chi connectivity index (χ0v) is 12.7. The lowest BCUT2D eigenvalue weighted by molar-refractivity contribution is 0.522. The van der Waals surface area contributed by atoms with Crippen LogP contribution in [0.5, 0.6) is 0 Å². The molecule has 2 aromatic rings. The quantitative estimate of drug-likeness (QED) is 0.652. The molecule has 0 heterocycles. The van der Waals surface area contributed by atoms with Crippen molar-refractivity contribution < 1.29 is 0 Å². The highest BCUT2D eigenvalue weighted by atomic mass is 35.5. The summed E-state index contributed by atoms with van der Waals surface area (Å²) in [5.74, 6) is 5.70. The molecule has 0 aliphatic rings. The molecule has 1 atom stereocenters. The van der Waals surface area contributed by atoms with Gasteiger partial charge in [-0.05, 0) is 49.9 Å². The molecule has 2 aromatic carbocycles. The molecule has 106 valence electrons. The van der Waals surface area contributed by atoms with Crippen molar-refractivity contribution in [2.45, 2.75) is 32.7 Å². The van der Waals surface area contributed by atoms with E-state index in [9.17, 15) is 0 Å². The highest BCUT2D eigenvalue weighted by Gasteiger charge is 2.09. The molecule has 2 nitrogen and oxygen atoms in total. The van der Waals surface area contributed by atoms with Gasteiger partial charge in [0.25, 0.3) is 0 Å². The Bertz CT molecular complexity index is 543. The molecule has 0 aromatic heterocycles. The Morgan fingerprint density at radius 1 is 0.950 bits per heavy atom. The summed E-state index contributed by atoms with van der Waals surface area (Å²) in [5, 5.41) is 0.764. The maximum Gasteiger partial charge on any atom is 0.0406 e. The number of hydrogen-bond donors (Lipinski definition) is 2. The highest BCUT2D eigenvalue weighted by molar-refractivity contribution is 6.30. The lowest BCUT2D eigenvalue weighted by atomic mass is 9.97. The molecule has 3 N–H and O–H groups in total. The van der Waals surface area contributed by atoms with Crippen molar-refractivity contribution in [3.05, 3.63) is 69.7 Å². The molecule has 0 fully saturated rings. The van der Waals surface area contributed by atoms with Crippen LogP contribution in [0, 0.1) is 13.8 Å². The Balaban J connectivity index is 2.06. The molecular weight excluding hydrogens is 268 g/mol. The monoisotopic (exact) mass is 288 g/mol. The minimum atomic E-state index is 0.220. The molecule has 2 rings (SSSR count). The first kappa shape index (κ1) is 15.0. The SMILES string of the molecule is Cc1cc(C)cc(CC(Cc2ccc(Cl)cc2)NN)c1. The molecule has 1 unspecified atom stereocenters. The van der Waals surface area contributed by atoms with Gasteiger partial charge in [0, 0.05) is 11.1 Å². The van der Waals surface area contributed by atoms with Crippen molar-refractivity contribution in [1.29, 1.82) is 0 Å². The topological polar surface area (TPSA) is 38.0 Å². The number of nitrogens with one attached hydrogen (secondary N) is 1. The zero-order chi connectivity index (χ0) is 14.5. The summed E-state index contributed by atoms with van der Waals surface area (Å²) in [4.78, 5) is 0. The normalized spacial score (nSPS) is 12.4. The van der Waals surface area contributed by atoms with Crippen molar-refractivity contribution in [2.24, 2.45) is 5.84 Å². The van der Waals surface area contributed by atoms with E-state index in [1.807, 2.05) is 24.3 Å². The lowest BCUT2D eigenvalue weighted by Crippen LogP contribution is -2.38. The van der Waals surface area contributed by atoms with Gasteiger partial charge >= 0.3 is 0 Å². The van der Waals surface area contributed by atoms with Crippen LogP contribution in [0.1, 0.15) is 22.3 Å². The first-order chi connectivity index (χ1) is 9.56. The van der Waals surface area contributed by atoms with Crippen LogP contribution in [0.4, 0.5) is 0 Å². The van der Waals surface area contributed by atoms with E-state index in [0.717, 1.165) is 17.9 Å². The van der Waals surface area contributed by atoms with Gasteiger partial charge in [-0.1, -0.05) is 53.1 Å². The van der Waals surface area contributed by atoms with Crippen LogP contribution >= 0.6 is 11.6 Å². The van der Waals surface area contributed by atoms with E-state index in [-0.39, 0.29) is 6.04 Å². The Morgan fingerprint density at radius 3 is 2.05 bits per heavy atom. The lowest BCUT2D eigenvalue weighted by Gasteiger charge is -2.17. The standard InChI is InChI=1S/C17H21ClN2/c1-12-7-13(2)9-15(8-12)11-17(20-19)10-14-3-5-16(18)6-4-14/h3-9,17,20H,10-11,19H2,1-2H3. The van der Waals surface area contributed by atoms with Crippen molar-refractivity contribution >= 4 is 11.6 Å². The molecule has 0 radical (unpaired) electrons. The van der Waals surface area contributed by atoms with E-state index in [1.165, 1.54) is 22.3 Å². The van der Waals surface area contributed by atoms with E-state index in [2.05, 4.69) is 37.5 Å². The van der Waals surface area contributed by atoms with Gasteiger partial charge in [0.2, 0.25) is 0 Å². The van der Waals surface area contributed by atoms with Gasteiger partial charge in [0.1, 0.15) is 0 Å². The summed E-state index contributed by atoms with van der Waals surface area (Å²) in [6.45, 7) is 4.25. The van der Waals surface area contributed by atoms with Gasteiger partial charge in [0.15, 0.2) is 0 Å². The summed E-state index contributed by atoms with van der Waals surface area (Å²) in [5.41, 5.74) is 8.06. The number of nitrogens with two attached hydrogens (primary N) is 1. The van der Waals surface area contributed by atoms with Gasteiger partial charge in [-0.2, -0.15) is 0 Å². The van der Waals surface area contributed by atoms with Crippen molar-refractivity contribution in [3.63, 3.8) is 0 Å². The second-order valence-corrected chi connectivity index (χ2v) is 5.83. The van der Waals surface area contributed by atoms with Crippen molar-refractivity contribution in [2.75, 3.05) is 0 Å². The van der Waals surface area contributed by atoms with E-state index in [4.69, 9.17) is 17.4 Å². The smallest absolute Gasteiger partial charge is 0.0406 e. The molecular formula is C17H21ClN2. The van der Waals surface area contributed by atoms with Crippen LogP contribution in [0.3, 0.4) is 0 Å². The molecule has 0 bridgehead atoms. The average Bonchev–Trinajstić information content (AvgIpc) is 2.39. The Kier molecular flexibility index (Phi) is 5.18. The number of rotatable bonds is 5. The van der Waals surface area contributed by atoms with Gasteiger partial charge in [-0.3, -0.25) is 11.3 Å². The fraction of sp³-hybridized carbons (Fsp3) is 0.294. The third-order valence-electron chi connectivity index (χ3n) is 3.39. The Hall–Kier alpha value is -1.35. The van der Waals surface area contributed by atoms with Crippen LogP contribution in [-0.2, 0) is 12.8 Å². The maximum atomic E-state index is 5.91. The van der Waals surface area contributed by atoms with Crippen molar-refractivity contribution in [1.82, 2.24) is 5.43 Å². The maximum absolute atomic E-state index is 5.91. The summed E-state index contributed by atoms with van der Waals surface area (Å²) in [6, 6.07) is 14.8. The fourth-order valence-corrected chi connectivity index (χ4v) is 2.69. The number of halogens is 1. The van der Waals surface area contributed by atoms with Gasteiger partial charge in [0.05, 0.1) is 0 Å². The zero-order valence-electron chi connectivity index (χ0n) is 12.0. The summed E-state index contributed by atoms with van der Waals surface area (Å²) >= 11 is 5.91. The first-order valence-corrected chi connectivity index (χ1v) is 7.22. The van der Waals surface area contributed by atoms with Crippen molar-refractivity contribution in [3.8, 4) is 0 Å². The van der Waals surface area contributed by atoms with Gasteiger partial charge in [-0.25, -0.2) is 0 Å².